The van der Waals surface area contributed by atoms with E-state index < -0.39 is 17.7 Å². The van der Waals surface area contributed by atoms with Gasteiger partial charge in [-0.15, -0.1) is 0 Å². The van der Waals surface area contributed by atoms with Crippen LogP contribution in [-0.2, 0) is 11.2 Å². The van der Waals surface area contributed by atoms with Crippen molar-refractivity contribution < 1.29 is 9.53 Å². The Balaban J connectivity index is 1.61. The summed E-state index contributed by atoms with van der Waals surface area (Å²) in [5, 5.41) is 7.66. The van der Waals surface area contributed by atoms with Crippen molar-refractivity contribution in [2.45, 2.75) is 45.9 Å². The van der Waals surface area contributed by atoms with Crippen LogP contribution >= 0.6 is 23.8 Å². The number of nitrogens with one attached hydrogen (secondary N) is 2. The number of hydrogen-bond donors (Lipinski definition) is 2. The van der Waals surface area contributed by atoms with Crippen LogP contribution in [0, 0.1) is 19.8 Å². The fourth-order valence-electron chi connectivity index (χ4n) is 5.19. The zero-order valence-corrected chi connectivity index (χ0v) is 21.8. The Hall–Kier alpha value is -3.09. The lowest BCUT2D eigenvalue weighted by Crippen LogP contribution is -2.72. The van der Waals surface area contributed by atoms with Crippen molar-refractivity contribution in [2.24, 2.45) is 5.92 Å². The largest absolute Gasteiger partial charge is 0.467 e. The second-order valence-corrected chi connectivity index (χ2v) is 10.2. The fraction of sp³-hybridized carbons (Fsp3) is 0.286. The summed E-state index contributed by atoms with van der Waals surface area (Å²) in [6.45, 7) is 8.08. The monoisotopic (exact) mass is 505 g/mol. The lowest BCUT2D eigenvalue weighted by atomic mass is 9.78. The molecule has 0 spiro atoms. The van der Waals surface area contributed by atoms with Gasteiger partial charge in [-0.3, -0.25) is 9.69 Å². The average molecular weight is 506 g/mol. The molecule has 0 radical (unpaired) electrons. The molecular weight excluding hydrogens is 478 g/mol. The van der Waals surface area contributed by atoms with Gasteiger partial charge >= 0.3 is 0 Å². The van der Waals surface area contributed by atoms with Gasteiger partial charge in [-0.1, -0.05) is 48.4 Å². The van der Waals surface area contributed by atoms with Crippen molar-refractivity contribution in [3.63, 3.8) is 0 Å². The van der Waals surface area contributed by atoms with Crippen LogP contribution in [0.15, 0.2) is 60.7 Å². The maximum atomic E-state index is 14.0. The topological polar surface area (TPSA) is 53.6 Å². The molecule has 1 fully saturated rings. The SMILES string of the molecule is CCc1ccc(N2C(=S)N[C@H]3c4cc(Cl)ccc4O[C@]2(C)[C@@H]3C(=O)Nc2ccc(C)cc2C)cc1. The molecule has 3 aromatic carbocycles. The molecule has 0 unspecified atom stereocenters. The van der Waals surface area contributed by atoms with E-state index in [4.69, 9.17) is 28.6 Å². The summed E-state index contributed by atoms with van der Waals surface area (Å²) < 4.78 is 6.64. The first kappa shape index (κ1) is 23.6. The minimum absolute atomic E-state index is 0.153. The summed E-state index contributed by atoms with van der Waals surface area (Å²) in [4.78, 5) is 15.9. The van der Waals surface area contributed by atoms with Gasteiger partial charge < -0.3 is 15.4 Å². The van der Waals surface area contributed by atoms with Gasteiger partial charge in [0, 0.05) is 22.0 Å². The van der Waals surface area contributed by atoms with E-state index in [2.05, 4.69) is 35.8 Å². The molecule has 7 heteroatoms. The number of thiocarbonyl (C=S) groups is 1. The molecule has 2 heterocycles. The molecule has 180 valence electrons. The lowest BCUT2D eigenvalue weighted by molar-refractivity contribution is -0.130. The zero-order chi connectivity index (χ0) is 24.9. The van der Waals surface area contributed by atoms with Crippen molar-refractivity contribution in [3.05, 3.63) is 87.9 Å². The number of aryl methyl sites for hydroxylation is 3. The highest BCUT2D eigenvalue weighted by atomic mass is 35.5. The van der Waals surface area contributed by atoms with Gasteiger partial charge in [0.25, 0.3) is 0 Å². The summed E-state index contributed by atoms with van der Waals surface area (Å²) >= 11 is 12.2. The third-order valence-corrected chi connectivity index (χ3v) is 7.52. The van der Waals surface area contributed by atoms with E-state index in [1.165, 1.54) is 5.56 Å². The van der Waals surface area contributed by atoms with E-state index in [0.717, 1.165) is 34.5 Å². The van der Waals surface area contributed by atoms with Crippen LogP contribution in [0.5, 0.6) is 5.75 Å². The molecule has 3 atom stereocenters. The molecule has 2 N–H and O–H groups in total. The molecule has 35 heavy (non-hydrogen) atoms. The van der Waals surface area contributed by atoms with Crippen molar-refractivity contribution in [3.8, 4) is 5.75 Å². The van der Waals surface area contributed by atoms with Gasteiger partial charge in [-0.05, 0) is 86.9 Å². The van der Waals surface area contributed by atoms with Gasteiger partial charge in [-0.25, -0.2) is 0 Å². The first-order chi connectivity index (χ1) is 16.7. The van der Waals surface area contributed by atoms with E-state index in [-0.39, 0.29) is 5.91 Å². The molecule has 0 saturated carbocycles. The summed E-state index contributed by atoms with van der Waals surface area (Å²) in [6.07, 6.45) is 0.938. The number of hydrogen-bond acceptors (Lipinski definition) is 3. The second kappa shape index (κ2) is 8.85. The summed E-state index contributed by atoms with van der Waals surface area (Å²) in [5.74, 6) is -0.0883. The minimum Gasteiger partial charge on any atom is -0.467 e. The van der Waals surface area contributed by atoms with Crippen molar-refractivity contribution >= 4 is 46.2 Å². The van der Waals surface area contributed by atoms with Crippen molar-refractivity contribution in [1.82, 2.24) is 5.32 Å². The molecule has 2 aliphatic heterocycles. The van der Waals surface area contributed by atoms with Crippen molar-refractivity contribution in [2.75, 3.05) is 10.2 Å². The van der Waals surface area contributed by atoms with E-state index >= 15 is 0 Å². The van der Waals surface area contributed by atoms with Crippen LogP contribution < -0.4 is 20.3 Å². The van der Waals surface area contributed by atoms with E-state index in [9.17, 15) is 4.79 Å². The highest BCUT2D eigenvalue weighted by Gasteiger charge is 2.59. The van der Waals surface area contributed by atoms with Gasteiger partial charge in [0.05, 0.1) is 6.04 Å². The Bertz CT molecular complexity index is 1330. The standard InChI is InChI=1S/C28H28ClN3O2S/c1-5-18-7-10-20(11-8-18)32-27(35)31-25-21-15-19(29)9-13-23(21)34-28(32,4)24(25)26(33)30-22-12-6-16(2)14-17(22)3/h6-15,24-25H,5H2,1-4H3,(H,30,33)(H,31,35)/t24-,25-,28+/m0/s1. The molecule has 2 aliphatic rings. The van der Waals surface area contributed by atoms with Crippen LogP contribution in [0.25, 0.3) is 0 Å². The second-order valence-electron chi connectivity index (χ2n) is 9.41. The molecule has 3 aromatic rings. The molecule has 0 aliphatic carbocycles. The quantitative estimate of drug-likeness (QED) is 0.406. The Labute approximate surface area is 216 Å². The number of carbonyl (C=O) groups excluding carboxylic acids is 1. The first-order valence-corrected chi connectivity index (χ1v) is 12.6. The van der Waals surface area contributed by atoms with Gasteiger partial charge in [0.15, 0.2) is 10.8 Å². The fourth-order valence-corrected chi connectivity index (χ4v) is 5.78. The number of benzene rings is 3. The predicted molar refractivity (Wildman–Crippen MR) is 145 cm³/mol. The number of nitrogens with zero attached hydrogens (tertiary/aromatic N) is 1. The number of ether oxygens (including phenoxy) is 1. The van der Waals surface area contributed by atoms with E-state index in [1.54, 1.807) is 6.07 Å². The molecule has 5 rings (SSSR count). The number of rotatable bonds is 4. The van der Waals surface area contributed by atoms with Crippen LogP contribution in [0.2, 0.25) is 5.02 Å². The summed E-state index contributed by atoms with van der Waals surface area (Å²) in [6, 6.07) is 19.3. The maximum absolute atomic E-state index is 14.0. The molecular formula is C28H28ClN3O2S. The molecule has 1 amide bonds. The Kier molecular flexibility index (Phi) is 5.98. The minimum atomic E-state index is -1.07. The highest BCUT2D eigenvalue weighted by molar-refractivity contribution is 7.80. The van der Waals surface area contributed by atoms with Crippen LogP contribution in [0.4, 0.5) is 11.4 Å². The molecule has 5 nitrogen and oxygen atoms in total. The Morgan fingerprint density at radius 2 is 1.89 bits per heavy atom. The van der Waals surface area contributed by atoms with Crippen LogP contribution in [0.3, 0.4) is 0 Å². The summed E-state index contributed by atoms with van der Waals surface area (Å²) in [5.41, 5.74) is 4.76. The molecule has 0 aromatic heterocycles. The molecule has 1 saturated heterocycles. The molecule has 2 bridgehead atoms. The number of carbonyl (C=O) groups is 1. The van der Waals surface area contributed by atoms with Gasteiger partial charge in [0.1, 0.15) is 11.7 Å². The van der Waals surface area contributed by atoms with Crippen molar-refractivity contribution in [1.29, 1.82) is 0 Å². The highest BCUT2D eigenvalue weighted by Crippen LogP contribution is 2.50. The third-order valence-electron chi connectivity index (χ3n) is 6.98. The average Bonchev–Trinajstić information content (AvgIpc) is 2.81. The number of amides is 1. The van der Waals surface area contributed by atoms with Gasteiger partial charge in [-0.2, -0.15) is 0 Å². The third kappa shape index (κ3) is 4.05. The number of anilines is 2. The van der Waals surface area contributed by atoms with E-state index in [0.29, 0.717) is 15.9 Å². The lowest BCUT2D eigenvalue weighted by Gasteiger charge is -2.56. The van der Waals surface area contributed by atoms with E-state index in [1.807, 2.05) is 62.1 Å². The van der Waals surface area contributed by atoms with Gasteiger partial charge in [0.2, 0.25) is 5.91 Å². The van der Waals surface area contributed by atoms with Crippen LogP contribution in [0.1, 0.15) is 42.1 Å². The maximum Gasteiger partial charge on any atom is 0.236 e. The van der Waals surface area contributed by atoms with Crippen LogP contribution in [-0.4, -0.2) is 16.7 Å². The Morgan fingerprint density at radius 3 is 2.57 bits per heavy atom. The number of halogens is 1. The summed E-state index contributed by atoms with van der Waals surface area (Å²) in [7, 11) is 0. The zero-order valence-electron chi connectivity index (χ0n) is 20.2. The number of fused-ring (bicyclic) bond motifs is 4. The smallest absolute Gasteiger partial charge is 0.236 e. The predicted octanol–water partition coefficient (Wildman–Crippen LogP) is 6.32. The first-order valence-electron chi connectivity index (χ1n) is 11.8. The normalized spacial score (nSPS) is 22.7. The Morgan fingerprint density at radius 1 is 1.14 bits per heavy atom.